The minimum Gasteiger partial charge on any atom is -0.860 e. The van der Waals surface area contributed by atoms with Crippen LogP contribution in [0.5, 0.6) is 5.75 Å². The molecule has 2 aromatic carbocycles. The second-order valence-electron chi connectivity index (χ2n) is 5.72. The van der Waals surface area contributed by atoms with Gasteiger partial charge in [-0.1, -0.05) is 30.3 Å². The lowest BCUT2D eigenvalue weighted by molar-refractivity contribution is -0.270. The average Bonchev–Trinajstić information content (AvgIpc) is 3.22. The second kappa shape index (κ2) is 8.09. The highest BCUT2D eigenvalue weighted by Crippen LogP contribution is 2.16. The molecule has 27 heavy (non-hydrogen) atoms. The van der Waals surface area contributed by atoms with Crippen molar-refractivity contribution in [2.45, 2.75) is 0 Å². The van der Waals surface area contributed by atoms with Crippen LogP contribution in [0.4, 0.5) is 5.69 Å². The van der Waals surface area contributed by atoms with Crippen LogP contribution in [0.3, 0.4) is 0 Å². The zero-order valence-electron chi connectivity index (χ0n) is 14.8. The summed E-state index contributed by atoms with van der Waals surface area (Å²) in [7, 11) is 3.12. The van der Waals surface area contributed by atoms with E-state index in [-0.39, 0.29) is 18.3 Å². The molecule has 3 rings (SSSR count). The lowest BCUT2D eigenvalue weighted by atomic mass is 10.2. The van der Waals surface area contributed by atoms with Crippen molar-refractivity contribution < 1.29 is 14.6 Å². The molecule has 0 atom stereocenters. The monoisotopic (exact) mass is 365 g/mol. The molecule has 1 amide bonds. The van der Waals surface area contributed by atoms with Crippen molar-refractivity contribution in [1.29, 1.82) is 0 Å². The summed E-state index contributed by atoms with van der Waals surface area (Å²) >= 11 is 0. The number of carbonyl (C=O) groups is 1. The summed E-state index contributed by atoms with van der Waals surface area (Å²) in [5.74, 6) is 0.441. The quantitative estimate of drug-likeness (QED) is 0.835. The molecule has 138 valence electrons. The number of carbonyl (C=O) groups excluding carboxylic acids is 1. The van der Waals surface area contributed by atoms with Crippen LogP contribution in [-0.2, 0) is 4.79 Å². The number of ether oxygens (including phenoxy) is 1. The van der Waals surface area contributed by atoms with Crippen LogP contribution in [0, 0.1) is 0 Å². The number of amides is 1. The van der Waals surface area contributed by atoms with Crippen molar-refractivity contribution in [3.8, 4) is 5.75 Å². The summed E-state index contributed by atoms with van der Waals surface area (Å²) in [6.07, 6.45) is 0. The van der Waals surface area contributed by atoms with Gasteiger partial charge in [0.1, 0.15) is 5.75 Å². The van der Waals surface area contributed by atoms with Crippen molar-refractivity contribution in [2.24, 2.45) is 20.7 Å². The standard InChI is InChI=1S/C18H18N6O3/c1-24(11-16(25)19-14-4-3-5-15(10-14)27-2)18(26)13-8-6-12(7-9-13)17-20-22-23-21-17/h3-10,26H,11H2,1-2H3,(H,19,25)/p-1. The number of benzene rings is 2. The predicted octanol–water partition coefficient (Wildman–Crippen LogP) is 0.590. The Bertz CT molecular complexity index is 994. The first-order valence-corrected chi connectivity index (χ1v) is 8.05. The van der Waals surface area contributed by atoms with Gasteiger partial charge in [-0.3, -0.25) is 4.79 Å². The SMILES string of the molecule is COc1cccc(NC(=O)CN(C)C([O-])=c2ccc(=C3N=NN=N3)cc2)c1. The van der Waals surface area contributed by atoms with Crippen molar-refractivity contribution >= 4 is 23.3 Å². The Morgan fingerprint density at radius 1 is 1.15 bits per heavy atom. The summed E-state index contributed by atoms with van der Waals surface area (Å²) < 4.78 is 5.12. The molecule has 1 heterocycles. The molecule has 0 saturated carbocycles. The van der Waals surface area contributed by atoms with Gasteiger partial charge in [-0.25, -0.2) is 0 Å². The minimum absolute atomic E-state index is 0.0857. The maximum Gasteiger partial charge on any atom is 0.243 e. The summed E-state index contributed by atoms with van der Waals surface area (Å²) in [6.45, 7) is -0.0857. The van der Waals surface area contributed by atoms with Gasteiger partial charge in [-0.15, -0.1) is 10.2 Å². The zero-order valence-corrected chi connectivity index (χ0v) is 14.8. The highest BCUT2D eigenvalue weighted by atomic mass is 16.5. The average molecular weight is 365 g/mol. The Labute approximate surface area is 155 Å². The topological polar surface area (TPSA) is 114 Å². The summed E-state index contributed by atoms with van der Waals surface area (Å²) in [5.41, 5.74) is 0.599. The van der Waals surface area contributed by atoms with E-state index in [2.05, 4.69) is 26.0 Å². The van der Waals surface area contributed by atoms with Gasteiger partial charge in [0.2, 0.25) is 11.7 Å². The fourth-order valence-electron chi connectivity index (χ4n) is 2.43. The molecule has 0 bridgehead atoms. The smallest absolute Gasteiger partial charge is 0.243 e. The molecule has 0 unspecified atom stereocenters. The van der Waals surface area contributed by atoms with Crippen LogP contribution >= 0.6 is 0 Å². The molecule has 0 spiro atoms. The van der Waals surface area contributed by atoms with Gasteiger partial charge in [0.05, 0.1) is 13.7 Å². The first-order chi connectivity index (χ1) is 13.1. The van der Waals surface area contributed by atoms with Crippen molar-refractivity contribution in [2.75, 3.05) is 26.0 Å². The van der Waals surface area contributed by atoms with Gasteiger partial charge >= 0.3 is 0 Å². The molecule has 0 fully saturated rings. The summed E-state index contributed by atoms with van der Waals surface area (Å²) in [4.78, 5) is 13.5. The van der Waals surface area contributed by atoms with E-state index in [1.165, 1.54) is 4.90 Å². The normalized spacial score (nSPS) is 12.1. The van der Waals surface area contributed by atoms with Crippen LogP contribution < -0.4 is 25.6 Å². The van der Waals surface area contributed by atoms with Crippen molar-refractivity contribution in [3.05, 3.63) is 59.0 Å². The number of anilines is 1. The second-order valence-corrected chi connectivity index (χ2v) is 5.72. The molecular formula is C18H17N6O3-. The third kappa shape index (κ3) is 4.46. The van der Waals surface area contributed by atoms with E-state index < -0.39 is 0 Å². The number of methoxy groups -OCH3 is 1. The number of nitrogens with zero attached hydrogens (tertiary/aromatic N) is 5. The fourth-order valence-corrected chi connectivity index (χ4v) is 2.43. The third-order valence-corrected chi connectivity index (χ3v) is 3.79. The van der Waals surface area contributed by atoms with Crippen LogP contribution in [0.2, 0.25) is 0 Å². The third-order valence-electron chi connectivity index (χ3n) is 3.79. The Morgan fingerprint density at radius 3 is 2.52 bits per heavy atom. The number of rotatable bonds is 5. The molecule has 1 N–H and O–H groups in total. The maximum absolute atomic E-state index is 12.5. The van der Waals surface area contributed by atoms with Crippen molar-refractivity contribution in [3.63, 3.8) is 0 Å². The molecule has 9 heteroatoms. The van der Waals surface area contributed by atoms with E-state index in [9.17, 15) is 9.90 Å². The first-order valence-electron chi connectivity index (χ1n) is 8.05. The van der Waals surface area contributed by atoms with E-state index in [4.69, 9.17) is 4.74 Å². The number of nitrogens with one attached hydrogen (secondary N) is 1. The van der Waals surface area contributed by atoms with E-state index in [1.807, 2.05) is 0 Å². The Morgan fingerprint density at radius 2 is 1.85 bits per heavy atom. The highest BCUT2D eigenvalue weighted by molar-refractivity contribution is 5.92. The lowest BCUT2D eigenvalue weighted by Crippen LogP contribution is -2.37. The van der Waals surface area contributed by atoms with Gasteiger partial charge in [-0.2, -0.15) is 0 Å². The Hall–Kier alpha value is -3.75. The number of likely N-dealkylation sites (N-methyl/N-ethyl adjacent to an activating group) is 1. The summed E-state index contributed by atoms with van der Waals surface area (Å²) in [6, 6.07) is 13.7. The highest BCUT2D eigenvalue weighted by Gasteiger charge is 2.07. The van der Waals surface area contributed by atoms with E-state index in [0.717, 1.165) is 0 Å². The van der Waals surface area contributed by atoms with Gasteiger partial charge in [-0.05, 0) is 33.7 Å². The van der Waals surface area contributed by atoms with Crippen LogP contribution in [0.1, 0.15) is 0 Å². The van der Waals surface area contributed by atoms with Crippen molar-refractivity contribution in [1.82, 2.24) is 4.90 Å². The van der Waals surface area contributed by atoms with E-state index >= 15 is 0 Å². The lowest BCUT2D eigenvalue weighted by Gasteiger charge is -2.26. The van der Waals surface area contributed by atoms with E-state index in [0.29, 0.717) is 27.7 Å². The zero-order chi connectivity index (χ0) is 19.2. The van der Waals surface area contributed by atoms with E-state index in [1.54, 1.807) is 62.7 Å². The molecule has 0 aliphatic carbocycles. The first kappa shape index (κ1) is 18.1. The molecular weight excluding hydrogens is 348 g/mol. The maximum atomic E-state index is 12.5. The van der Waals surface area contributed by atoms with Gasteiger partial charge < -0.3 is 20.1 Å². The predicted molar refractivity (Wildman–Crippen MR) is 96.5 cm³/mol. The minimum atomic E-state index is -0.307. The molecule has 0 radical (unpaired) electrons. The molecule has 9 nitrogen and oxygen atoms in total. The molecule has 2 aromatic rings. The summed E-state index contributed by atoms with van der Waals surface area (Å²) in [5, 5.41) is 30.8. The Balaban J connectivity index is 1.71. The van der Waals surface area contributed by atoms with Gasteiger partial charge in [0, 0.05) is 24.0 Å². The number of hydrogen-bond acceptors (Lipinski definition) is 8. The Kier molecular flexibility index (Phi) is 5.41. The molecule has 1 aliphatic heterocycles. The van der Waals surface area contributed by atoms with Gasteiger partial charge in [0.25, 0.3) is 0 Å². The van der Waals surface area contributed by atoms with Gasteiger partial charge in [0.15, 0.2) is 0 Å². The largest absolute Gasteiger partial charge is 0.860 e. The molecule has 1 aliphatic rings. The fraction of sp³-hybridized carbons (Fsp3) is 0.167. The van der Waals surface area contributed by atoms with Crippen LogP contribution in [-0.4, -0.2) is 31.5 Å². The van der Waals surface area contributed by atoms with Crippen LogP contribution in [0.25, 0.3) is 11.7 Å². The molecule has 0 saturated heterocycles. The van der Waals surface area contributed by atoms with Crippen LogP contribution in [0.15, 0.2) is 69.2 Å². The molecule has 0 aromatic heterocycles. The number of hydrogen-bond donors (Lipinski definition) is 1.